The third-order valence-corrected chi connectivity index (χ3v) is 4.81. The molecular formula is C16H17F2NO3S. The van der Waals surface area contributed by atoms with E-state index >= 15 is 0 Å². The van der Waals surface area contributed by atoms with Crippen molar-refractivity contribution < 1.29 is 21.9 Å². The van der Waals surface area contributed by atoms with E-state index < -0.39 is 16.6 Å². The lowest BCUT2D eigenvalue weighted by molar-refractivity contribution is -0.0498. The minimum Gasteiger partial charge on any atom is -0.435 e. The van der Waals surface area contributed by atoms with Crippen molar-refractivity contribution in [3.8, 4) is 5.75 Å². The first kappa shape index (κ1) is 17.2. The minimum absolute atomic E-state index is 0.0211. The molecule has 0 aromatic heterocycles. The summed E-state index contributed by atoms with van der Waals surface area (Å²) in [7, 11) is -3.76. The van der Waals surface area contributed by atoms with Crippen molar-refractivity contribution in [2.75, 3.05) is 4.72 Å². The summed E-state index contributed by atoms with van der Waals surface area (Å²) >= 11 is 0. The van der Waals surface area contributed by atoms with Crippen LogP contribution in [0.5, 0.6) is 5.75 Å². The summed E-state index contributed by atoms with van der Waals surface area (Å²) in [6, 6.07) is 9.19. The van der Waals surface area contributed by atoms with Crippen LogP contribution in [0.2, 0.25) is 0 Å². The molecular weight excluding hydrogens is 324 g/mol. The Balaban J connectivity index is 2.32. The molecule has 0 aliphatic rings. The van der Waals surface area contributed by atoms with Gasteiger partial charge in [-0.1, -0.05) is 12.1 Å². The average Bonchev–Trinajstić information content (AvgIpc) is 2.43. The Bertz CT molecular complexity index is 820. The summed E-state index contributed by atoms with van der Waals surface area (Å²) in [6.07, 6.45) is 0. The van der Waals surface area contributed by atoms with Crippen LogP contribution >= 0.6 is 0 Å². The van der Waals surface area contributed by atoms with Gasteiger partial charge < -0.3 is 4.74 Å². The van der Waals surface area contributed by atoms with E-state index in [1.165, 1.54) is 18.2 Å². The Morgan fingerprint density at radius 2 is 1.70 bits per heavy atom. The third-order valence-electron chi connectivity index (χ3n) is 3.30. The molecule has 0 aliphatic heterocycles. The van der Waals surface area contributed by atoms with Crippen molar-refractivity contribution in [3.63, 3.8) is 0 Å². The zero-order chi connectivity index (χ0) is 17.2. The number of anilines is 1. The second kappa shape index (κ2) is 6.54. The molecule has 0 bridgehead atoms. The van der Waals surface area contributed by atoms with E-state index in [-0.39, 0.29) is 10.6 Å². The van der Waals surface area contributed by atoms with Crippen LogP contribution in [-0.2, 0) is 10.0 Å². The van der Waals surface area contributed by atoms with Crippen molar-refractivity contribution >= 4 is 15.7 Å². The molecule has 0 heterocycles. The summed E-state index contributed by atoms with van der Waals surface area (Å²) in [5.41, 5.74) is 2.25. The van der Waals surface area contributed by atoms with Gasteiger partial charge in [0.1, 0.15) is 5.75 Å². The van der Waals surface area contributed by atoms with Crippen molar-refractivity contribution in [1.82, 2.24) is 0 Å². The Kier molecular flexibility index (Phi) is 4.89. The third kappa shape index (κ3) is 4.19. The fraction of sp³-hybridized carbons (Fsp3) is 0.250. The number of halogens is 2. The number of aryl methyl sites for hydroxylation is 3. The van der Waals surface area contributed by atoms with Crippen molar-refractivity contribution in [2.24, 2.45) is 0 Å². The van der Waals surface area contributed by atoms with Crippen LogP contribution in [0, 0.1) is 20.8 Å². The van der Waals surface area contributed by atoms with Crippen LogP contribution in [0.4, 0.5) is 14.5 Å². The minimum atomic E-state index is -3.76. The predicted octanol–water partition coefficient (Wildman–Crippen LogP) is 4.01. The first-order chi connectivity index (χ1) is 10.7. The molecule has 0 radical (unpaired) electrons. The summed E-state index contributed by atoms with van der Waals surface area (Å²) in [5, 5.41) is 0. The summed E-state index contributed by atoms with van der Waals surface area (Å²) < 4.78 is 56.2. The standard InChI is InChI=1S/C16H17F2NO3S/c1-10-4-5-11(2)15(8-10)23(20,21)19-14-7-6-13(9-12(14)3)22-16(17)18/h4-9,16,19H,1-3H3. The number of hydrogen-bond acceptors (Lipinski definition) is 3. The summed E-state index contributed by atoms with van der Waals surface area (Å²) in [5.74, 6) is -0.0211. The first-order valence-electron chi connectivity index (χ1n) is 6.84. The Hall–Kier alpha value is -2.15. The first-order valence-corrected chi connectivity index (χ1v) is 8.33. The summed E-state index contributed by atoms with van der Waals surface area (Å²) in [6.45, 7) is 2.20. The Morgan fingerprint density at radius 3 is 2.30 bits per heavy atom. The van der Waals surface area contributed by atoms with E-state index in [1.54, 1.807) is 32.9 Å². The van der Waals surface area contributed by atoms with Gasteiger partial charge >= 0.3 is 6.61 Å². The molecule has 0 spiro atoms. The number of sulfonamides is 1. The SMILES string of the molecule is Cc1ccc(C)c(S(=O)(=O)Nc2ccc(OC(F)F)cc2C)c1. The fourth-order valence-electron chi connectivity index (χ4n) is 2.12. The molecule has 0 saturated heterocycles. The molecule has 0 unspecified atom stereocenters. The van der Waals surface area contributed by atoms with E-state index in [2.05, 4.69) is 9.46 Å². The molecule has 2 aromatic rings. The smallest absolute Gasteiger partial charge is 0.387 e. The molecule has 7 heteroatoms. The van der Waals surface area contributed by atoms with E-state index in [0.717, 1.165) is 5.56 Å². The van der Waals surface area contributed by atoms with Gasteiger partial charge in [-0.2, -0.15) is 8.78 Å². The Morgan fingerprint density at radius 1 is 1.00 bits per heavy atom. The van der Waals surface area contributed by atoms with Gasteiger partial charge in [-0.05, 0) is 61.7 Å². The number of alkyl halides is 2. The monoisotopic (exact) mass is 341 g/mol. The number of hydrogen-bond donors (Lipinski definition) is 1. The van der Waals surface area contributed by atoms with Crippen LogP contribution in [0.3, 0.4) is 0 Å². The number of ether oxygens (including phenoxy) is 1. The highest BCUT2D eigenvalue weighted by Crippen LogP contribution is 2.26. The van der Waals surface area contributed by atoms with Gasteiger partial charge in [0.2, 0.25) is 0 Å². The maximum Gasteiger partial charge on any atom is 0.387 e. The zero-order valence-corrected chi connectivity index (χ0v) is 13.7. The van der Waals surface area contributed by atoms with Crippen LogP contribution in [-0.4, -0.2) is 15.0 Å². The number of nitrogens with one attached hydrogen (secondary N) is 1. The second-order valence-electron chi connectivity index (χ2n) is 5.23. The fourth-order valence-corrected chi connectivity index (χ4v) is 3.58. The molecule has 23 heavy (non-hydrogen) atoms. The van der Waals surface area contributed by atoms with Gasteiger partial charge in [-0.3, -0.25) is 4.72 Å². The van der Waals surface area contributed by atoms with Crippen molar-refractivity contribution in [3.05, 3.63) is 53.1 Å². The molecule has 124 valence electrons. The van der Waals surface area contributed by atoms with Crippen LogP contribution in [0.15, 0.2) is 41.3 Å². The van der Waals surface area contributed by atoms with Gasteiger partial charge in [-0.25, -0.2) is 8.42 Å². The number of rotatable bonds is 5. The van der Waals surface area contributed by atoms with Gasteiger partial charge in [-0.15, -0.1) is 0 Å². The predicted molar refractivity (Wildman–Crippen MR) is 84.5 cm³/mol. The second-order valence-corrected chi connectivity index (χ2v) is 6.88. The molecule has 1 N–H and O–H groups in total. The zero-order valence-electron chi connectivity index (χ0n) is 12.9. The Labute approximate surface area is 134 Å². The van der Waals surface area contributed by atoms with E-state index in [9.17, 15) is 17.2 Å². The maximum atomic E-state index is 12.5. The molecule has 2 aromatic carbocycles. The van der Waals surface area contributed by atoms with E-state index in [4.69, 9.17) is 0 Å². The number of benzene rings is 2. The van der Waals surface area contributed by atoms with Gasteiger partial charge in [0, 0.05) is 0 Å². The highest BCUT2D eigenvalue weighted by Gasteiger charge is 2.18. The lowest BCUT2D eigenvalue weighted by Gasteiger charge is -2.14. The lowest BCUT2D eigenvalue weighted by Crippen LogP contribution is -2.15. The molecule has 2 rings (SSSR count). The molecule has 4 nitrogen and oxygen atoms in total. The van der Waals surface area contributed by atoms with Crippen molar-refractivity contribution in [1.29, 1.82) is 0 Å². The molecule has 0 fully saturated rings. The lowest BCUT2D eigenvalue weighted by atomic mass is 10.2. The average molecular weight is 341 g/mol. The van der Waals surface area contributed by atoms with Gasteiger partial charge in [0.15, 0.2) is 0 Å². The molecule has 0 aliphatic carbocycles. The molecule has 0 atom stereocenters. The van der Waals surface area contributed by atoms with Crippen LogP contribution in [0.25, 0.3) is 0 Å². The van der Waals surface area contributed by atoms with Crippen molar-refractivity contribution in [2.45, 2.75) is 32.3 Å². The quantitative estimate of drug-likeness (QED) is 0.894. The van der Waals surface area contributed by atoms with E-state index in [0.29, 0.717) is 16.8 Å². The van der Waals surface area contributed by atoms with Crippen LogP contribution in [0.1, 0.15) is 16.7 Å². The normalized spacial score (nSPS) is 11.6. The van der Waals surface area contributed by atoms with E-state index in [1.807, 2.05) is 6.07 Å². The summed E-state index contributed by atoms with van der Waals surface area (Å²) in [4.78, 5) is 0.185. The highest BCUT2D eigenvalue weighted by molar-refractivity contribution is 7.92. The molecule has 0 amide bonds. The maximum absolute atomic E-state index is 12.5. The van der Waals surface area contributed by atoms with Crippen LogP contribution < -0.4 is 9.46 Å². The van der Waals surface area contributed by atoms with Gasteiger partial charge in [0.05, 0.1) is 10.6 Å². The highest BCUT2D eigenvalue weighted by atomic mass is 32.2. The topological polar surface area (TPSA) is 55.4 Å². The largest absolute Gasteiger partial charge is 0.435 e. The van der Waals surface area contributed by atoms with Gasteiger partial charge in [0.25, 0.3) is 10.0 Å². The molecule has 0 saturated carbocycles.